The smallest absolute Gasteiger partial charge is 0.258 e. The molecule has 3 saturated carbocycles. The van der Waals surface area contributed by atoms with Crippen LogP contribution in [0.15, 0.2) is 42.6 Å². The topological polar surface area (TPSA) is 110 Å². The first kappa shape index (κ1) is 23.3. The summed E-state index contributed by atoms with van der Waals surface area (Å²) in [7, 11) is 0. The lowest BCUT2D eigenvalue weighted by Crippen LogP contribution is -2.70. The highest BCUT2D eigenvalue weighted by Crippen LogP contribution is 2.47. The van der Waals surface area contributed by atoms with Crippen LogP contribution < -0.4 is 20.1 Å². The maximum absolute atomic E-state index is 13.5. The molecule has 1 atom stereocenters. The van der Waals surface area contributed by atoms with Crippen molar-refractivity contribution < 1.29 is 28.6 Å². The number of nitrogens with zero attached hydrogens (tertiary/aromatic N) is 1. The Bertz CT molecular complexity index is 1010. The van der Waals surface area contributed by atoms with Crippen LogP contribution in [0, 0.1) is 5.82 Å². The molecule has 1 heterocycles. The molecule has 0 saturated heterocycles. The van der Waals surface area contributed by atoms with Crippen LogP contribution in [-0.2, 0) is 9.59 Å². The molecule has 0 spiro atoms. The molecule has 33 heavy (non-hydrogen) atoms. The van der Waals surface area contributed by atoms with Crippen LogP contribution in [-0.4, -0.2) is 52.3 Å². The van der Waals surface area contributed by atoms with Gasteiger partial charge in [0.1, 0.15) is 11.6 Å². The number of hydrogen-bond acceptors (Lipinski definition) is 6. The molecule has 2 amide bonds. The van der Waals surface area contributed by atoms with Gasteiger partial charge in [-0.1, -0.05) is 17.7 Å². The number of fused-ring (bicyclic) bond motifs is 3. The summed E-state index contributed by atoms with van der Waals surface area (Å²) >= 11 is 5.64. The lowest BCUT2D eigenvalue weighted by molar-refractivity contribution is -0.137. The molecule has 2 aromatic rings. The third kappa shape index (κ3) is 5.36. The van der Waals surface area contributed by atoms with Gasteiger partial charge in [-0.05, 0) is 50.3 Å². The van der Waals surface area contributed by atoms with Crippen LogP contribution in [0.3, 0.4) is 0 Å². The summed E-state index contributed by atoms with van der Waals surface area (Å²) in [5, 5.41) is 16.7. The van der Waals surface area contributed by atoms with Gasteiger partial charge in [0.15, 0.2) is 13.2 Å². The van der Waals surface area contributed by atoms with Gasteiger partial charge in [0.25, 0.3) is 11.8 Å². The SMILES string of the molecule is O=C(COc1ccccn1)NC12CCC(NC(=O)COc3ccc(Cl)c(F)c3)(CC1)[C@@H](O)C2. The van der Waals surface area contributed by atoms with E-state index >= 15 is 0 Å². The first-order chi connectivity index (χ1) is 15.8. The zero-order valence-electron chi connectivity index (χ0n) is 17.9. The number of aliphatic hydroxyl groups is 1. The van der Waals surface area contributed by atoms with E-state index in [9.17, 15) is 19.1 Å². The number of carbonyl (C=O) groups is 2. The van der Waals surface area contributed by atoms with Crippen molar-refractivity contribution in [1.29, 1.82) is 0 Å². The van der Waals surface area contributed by atoms with Crippen molar-refractivity contribution in [2.45, 2.75) is 49.3 Å². The third-order valence-electron chi connectivity index (χ3n) is 6.36. The summed E-state index contributed by atoms with van der Waals surface area (Å²) < 4.78 is 24.3. The second-order valence-corrected chi connectivity index (χ2v) is 8.98. The molecule has 10 heteroatoms. The van der Waals surface area contributed by atoms with E-state index in [0.29, 0.717) is 38.0 Å². The van der Waals surface area contributed by atoms with Crippen LogP contribution >= 0.6 is 11.6 Å². The Balaban J connectivity index is 1.28. The molecule has 0 radical (unpaired) electrons. The Hall–Kier alpha value is -2.91. The van der Waals surface area contributed by atoms with Gasteiger partial charge in [0.05, 0.1) is 16.7 Å². The summed E-state index contributed by atoms with van der Waals surface area (Å²) in [4.78, 5) is 28.9. The van der Waals surface area contributed by atoms with Gasteiger partial charge in [-0.2, -0.15) is 0 Å². The summed E-state index contributed by atoms with van der Waals surface area (Å²) in [6.07, 6.45) is 3.33. The third-order valence-corrected chi connectivity index (χ3v) is 6.67. The predicted molar refractivity (Wildman–Crippen MR) is 117 cm³/mol. The van der Waals surface area contributed by atoms with Gasteiger partial charge in [-0.25, -0.2) is 9.37 Å². The van der Waals surface area contributed by atoms with Crippen LogP contribution in [0.5, 0.6) is 11.6 Å². The molecule has 176 valence electrons. The zero-order valence-corrected chi connectivity index (χ0v) is 18.6. The molecule has 8 nitrogen and oxygen atoms in total. The van der Waals surface area contributed by atoms with Crippen molar-refractivity contribution in [2.24, 2.45) is 0 Å². The Morgan fingerprint density at radius 3 is 2.48 bits per heavy atom. The van der Waals surface area contributed by atoms with Gasteiger partial charge in [-0.3, -0.25) is 9.59 Å². The number of hydrogen-bond donors (Lipinski definition) is 3. The maximum atomic E-state index is 13.5. The van der Waals surface area contributed by atoms with Gasteiger partial charge in [0, 0.05) is 23.9 Å². The molecule has 3 N–H and O–H groups in total. The minimum atomic E-state index is -0.825. The molecule has 3 fully saturated rings. The number of aromatic nitrogens is 1. The normalized spacial score (nSPS) is 25.8. The molecular weight excluding hydrogens is 453 g/mol. The van der Waals surface area contributed by atoms with Crippen molar-refractivity contribution in [1.82, 2.24) is 15.6 Å². The lowest BCUT2D eigenvalue weighted by Gasteiger charge is -2.56. The van der Waals surface area contributed by atoms with E-state index in [4.69, 9.17) is 21.1 Å². The molecule has 1 aromatic carbocycles. The number of pyridine rings is 1. The van der Waals surface area contributed by atoms with E-state index in [0.717, 1.165) is 6.07 Å². The quantitative estimate of drug-likeness (QED) is 0.538. The first-order valence-corrected chi connectivity index (χ1v) is 11.1. The van der Waals surface area contributed by atoms with E-state index < -0.39 is 28.9 Å². The lowest BCUT2D eigenvalue weighted by atomic mass is 9.60. The minimum Gasteiger partial charge on any atom is -0.484 e. The van der Waals surface area contributed by atoms with Crippen LogP contribution in [0.4, 0.5) is 4.39 Å². The number of aliphatic hydroxyl groups excluding tert-OH is 1. The second kappa shape index (κ2) is 9.52. The average Bonchev–Trinajstić information content (AvgIpc) is 2.80. The van der Waals surface area contributed by atoms with Crippen LogP contribution in [0.2, 0.25) is 5.02 Å². The fourth-order valence-corrected chi connectivity index (χ4v) is 4.71. The number of nitrogens with one attached hydrogen (secondary N) is 2. The van der Waals surface area contributed by atoms with E-state index in [2.05, 4.69) is 15.6 Å². The average molecular weight is 478 g/mol. The second-order valence-electron chi connectivity index (χ2n) is 8.57. The number of benzene rings is 1. The first-order valence-electron chi connectivity index (χ1n) is 10.7. The largest absolute Gasteiger partial charge is 0.484 e. The Labute approximate surface area is 195 Å². The van der Waals surface area contributed by atoms with E-state index in [1.165, 1.54) is 12.1 Å². The highest BCUT2D eigenvalue weighted by atomic mass is 35.5. The molecule has 3 aliphatic carbocycles. The molecule has 5 rings (SSSR count). The van der Waals surface area contributed by atoms with Gasteiger partial charge < -0.3 is 25.2 Å². The monoisotopic (exact) mass is 477 g/mol. The summed E-state index contributed by atoms with van der Waals surface area (Å²) in [6.45, 7) is -0.484. The van der Waals surface area contributed by atoms with Crippen molar-refractivity contribution in [3.63, 3.8) is 0 Å². The standard InChI is InChI=1S/C23H25ClFN3O5/c24-16-5-4-15(11-17(16)25)32-13-20(31)28-23-8-6-22(7-9-23,12-18(23)29)27-19(30)14-33-21-3-1-2-10-26-21/h1-5,10-11,18,29H,6-9,12-14H2,(H,27,30)(H,28,31)/t18-,22?,23?/m0/s1. The molecule has 0 aliphatic heterocycles. The Morgan fingerprint density at radius 1 is 1.09 bits per heavy atom. The van der Waals surface area contributed by atoms with Crippen LogP contribution in [0.25, 0.3) is 0 Å². The fourth-order valence-electron chi connectivity index (χ4n) is 4.59. The number of ether oxygens (including phenoxy) is 2. The van der Waals surface area contributed by atoms with Crippen molar-refractivity contribution in [3.8, 4) is 11.6 Å². The molecule has 0 unspecified atom stereocenters. The highest BCUT2D eigenvalue weighted by Gasteiger charge is 2.55. The fraction of sp³-hybridized carbons (Fsp3) is 0.435. The zero-order chi connectivity index (χ0) is 23.5. The maximum Gasteiger partial charge on any atom is 0.258 e. The Kier molecular flexibility index (Phi) is 6.71. The van der Waals surface area contributed by atoms with Crippen molar-refractivity contribution in [2.75, 3.05) is 13.2 Å². The van der Waals surface area contributed by atoms with Crippen molar-refractivity contribution in [3.05, 3.63) is 53.4 Å². The summed E-state index contributed by atoms with van der Waals surface area (Å²) in [6, 6.07) is 9.13. The van der Waals surface area contributed by atoms with Crippen molar-refractivity contribution >= 4 is 23.4 Å². The van der Waals surface area contributed by atoms with E-state index in [1.807, 2.05) is 0 Å². The predicted octanol–water partition coefficient (Wildman–Crippen LogP) is 2.38. The minimum absolute atomic E-state index is 0.0305. The number of carbonyl (C=O) groups excluding carboxylic acids is 2. The summed E-state index contributed by atoms with van der Waals surface area (Å²) in [5.41, 5.74) is -1.31. The molecule has 3 aliphatic rings. The highest BCUT2D eigenvalue weighted by molar-refractivity contribution is 6.30. The number of halogens is 2. The summed E-state index contributed by atoms with van der Waals surface area (Å²) in [5.74, 6) is -0.775. The number of amides is 2. The van der Waals surface area contributed by atoms with Crippen LogP contribution in [0.1, 0.15) is 32.1 Å². The molecule has 1 aromatic heterocycles. The molecular formula is C23H25ClFN3O5. The van der Waals surface area contributed by atoms with E-state index in [-0.39, 0.29) is 29.9 Å². The molecule has 2 bridgehead atoms. The van der Waals surface area contributed by atoms with Gasteiger partial charge in [-0.15, -0.1) is 0 Å². The Morgan fingerprint density at radius 2 is 1.82 bits per heavy atom. The number of rotatable bonds is 8. The van der Waals surface area contributed by atoms with E-state index in [1.54, 1.807) is 24.4 Å². The van der Waals surface area contributed by atoms with Gasteiger partial charge in [0.2, 0.25) is 5.88 Å². The van der Waals surface area contributed by atoms with Gasteiger partial charge >= 0.3 is 0 Å².